The Morgan fingerprint density at radius 2 is 1.79 bits per heavy atom. The molecule has 5 heteroatoms. The highest BCUT2D eigenvalue weighted by atomic mass is 16.5. The van der Waals surface area contributed by atoms with Gasteiger partial charge in [0.25, 0.3) is 0 Å². The number of alkyl carbamates (subject to hydrolysis) is 1. The van der Waals surface area contributed by atoms with Crippen molar-refractivity contribution < 1.29 is 19.1 Å². The molecule has 0 spiro atoms. The normalized spacial score (nSPS) is 11.5. The van der Waals surface area contributed by atoms with E-state index in [4.69, 9.17) is 0 Å². The lowest BCUT2D eigenvalue weighted by atomic mass is 10.0. The fourth-order valence-electron chi connectivity index (χ4n) is 1.66. The first-order valence-corrected chi connectivity index (χ1v) is 6.04. The number of hydrogen-bond acceptors (Lipinski definition) is 4. The zero-order chi connectivity index (χ0) is 14.3. The molecule has 0 bridgehead atoms. The van der Waals surface area contributed by atoms with Crippen LogP contribution in [0.1, 0.15) is 17.5 Å². The van der Waals surface area contributed by atoms with Crippen LogP contribution in [0.15, 0.2) is 24.3 Å². The third kappa shape index (κ3) is 4.99. The van der Waals surface area contributed by atoms with E-state index in [1.807, 2.05) is 31.2 Å². The quantitative estimate of drug-likeness (QED) is 0.825. The van der Waals surface area contributed by atoms with E-state index in [1.54, 1.807) is 0 Å². The van der Waals surface area contributed by atoms with Crippen LogP contribution < -0.4 is 5.32 Å². The number of benzene rings is 1. The van der Waals surface area contributed by atoms with E-state index in [2.05, 4.69) is 14.8 Å². The minimum absolute atomic E-state index is 0.463. The van der Waals surface area contributed by atoms with Crippen LogP contribution in [0.5, 0.6) is 0 Å². The van der Waals surface area contributed by atoms with Crippen LogP contribution in [-0.4, -0.2) is 32.3 Å². The lowest BCUT2D eigenvalue weighted by Crippen LogP contribution is -2.41. The molecule has 1 N–H and O–H groups in total. The number of nitrogens with one attached hydrogen (secondary N) is 1. The SMILES string of the molecule is COC(=O)NC(CCc1ccc(C)cc1)C(=O)OC. The van der Waals surface area contributed by atoms with Gasteiger partial charge in [-0.15, -0.1) is 0 Å². The van der Waals surface area contributed by atoms with Gasteiger partial charge < -0.3 is 14.8 Å². The summed E-state index contributed by atoms with van der Waals surface area (Å²) >= 11 is 0. The number of carbonyl (C=O) groups is 2. The number of ether oxygens (including phenoxy) is 2. The number of esters is 1. The molecule has 0 heterocycles. The molecule has 1 rings (SSSR count). The Bertz CT molecular complexity index is 428. The van der Waals surface area contributed by atoms with E-state index in [0.29, 0.717) is 12.8 Å². The molecule has 5 nitrogen and oxygen atoms in total. The summed E-state index contributed by atoms with van der Waals surface area (Å²) in [6.45, 7) is 2.01. The molecule has 19 heavy (non-hydrogen) atoms. The maximum absolute atomic E-state index is 11.5. The molecule has 1 aromatic carbocycles. The van der Waals surface area contributed by atoms with Crippen LogP contribution in [0.2, 0.25) is 0 Å². The summed E-state index contributed by atoms with van der Waals surface area (Å²) in [5, 5.41) is 2.46. The van der Waals surface area contributed by atoms with Crippen molar-refractivity contribution in [2.75, 3.05) is 14.2 Å². The third-order valence-corrected chi connectivity index (χ3v) is 2.81. The Morgan fingerprint density at radius 1 is 1.16 bits per heavy atom. The van der Waals surface area contributed by atoms with Crippen molar-refractivity contribution in [1.29, 1.82) is 0 Å². The molecule has 1 unspecified atom stereocenters. The van der Waals surface area contributed by atoms with Gasteiger partial charge in [0.2, 0.25) is 0 Å². The standard InChI is InChI=1S/C14H19NO4/c1-10-4-6-11(7-5-10)8-9-12(13(16)18-2)15-14(17)19-3/h4-7,12H,8-9H2,1-3H3,(H,15,17). The second kappa shape index (κ2) is 7.41. The average Bonchev–Trinajstić information content (AvgIpc) is 2.43. The molecule has 0 radical (unpaired) electrons. The van der Waals surface area contributed by atoms with E-state index >= 15 is 0 Å². The van der Waals surface area contributed by atoms with Crippen molar-refractivity contribution in [3.05, 3.63) is 35.4 Å². The van der Waals surface area contributed by atoms with Gasteiger partial charge >= 0.3 is 12.1 Å². The lowest BCUT2D eigenvalue weighted by molar-refractivity contribution is -0.143. The maximum atomic E-state index is 11.5. The Labute approximate surface area is 112 Å². The highest BCUT2D eigenvalue weighted by Gasteiger charge is 2.21. The molecule has 0 saturated heterocycles. The Kier molecular flexibility index (Phi) is 5.85. The van der Waals surface area contributed by atoms with Gasteiger partial charge in [0.15, 0.2) is 0 Å². The number of hydrogen-bond donors (Lipinski definition) is 1. The molecule has 0 aliphatic heterocycles. The van der Waals surface area contributed by atoms with Gasteiger partial charge in [0.05, 0.1) is 14.2 Å². The van der Waals surface area contributed by atoms with E-state index < -0.39 is 18.1 Å². The van der Waals surface area contributed by atoms with E-state index in [1.165, 1.54) is 19.8 Å². The van der Waals surface area contributed by atoms with Crippen LogP contribution >= 0.6 is 0 Å². The molecule has 0 aromatic heterocycles. The van der Waals surface area contributed by atoms with Crippen molar-refractivity contribution in [3.8, 4) is 0 Å². The number of carbonyl (C=O) groups excluding carboxylic acids is 2. The minimum atomic E-state index is -0.696. The second-order valence-electron chi connectivity index (χ2n) is 4.24. The summed E-state index contributed by atoms with van der Waals surface area (Å²) in [6.07, 6.45) is 0.494. The maximum Gasteiger partial charge on any atom is 0.407 e. The summed E-state index contributed by atoms with van der Waals surface area (Å²) in [6, 6.07) is 7.33. The summed E-state index contributed by atoms with van der Waals surface area (Å²) in [5.74, 6) is -0.475. The average molecular weight is 265 g/mol. The van der Waals surface area contributed by atoms with Gasteiger partial charge in [0.1, 0.15) is 6.04 Å². The van der Waals surface area contributed by atoms with Gasteiger partial charge in [-0.1, -0.05) is 29.8 Å². The first-order chi connectivity index (χ1) is 9.06. The van der Waals surface area contributed by atoms with Gasteiger partial charge in [-0.25, -0.2) is 9.59 Å². The zero-order valence-electron chi connectivity index (χ0n) is 11.4. The molecule has 1 atom stereocenters. The predicted octanol–water partition coefficient (Wildman–Crippen LogP) is 1.83. The summed E-state index contributed by atoms with van der Waals surface area (Å²) < 4.78 is 9.14. The molecule has 1 aromatic rings. The fraction of sp³-hybridized carbons (Fsp3) is 0.429. The number of aryl methyl sites for hydroxylation is 2. The molecule has 104 valence electrons. The molecule has 0 fully saturated rings. The van der Waals surface area contributed by atoms with Crippen LogP contribution in [-0.2, 0) is 20.7 Å². The first-order valence-electron chi connectivity index (χ1n) is 6.04. The number of rotatable bonds is 5. The van der Waals surface area contributed by atoms with Crippen molar-refractivity contribution in [2.45, 2.75) is 25.8 Å². The molecule has 0 aliphatic rings. The van der Waals surface area contributed by atoms with Gasteiger partial charge in [-0.2, -0.15) is 0 Å². The second-order valence-corrected chi connectivity index (χ2v) is 4.24. The van der Waals surface area contributed by atoms with Gasteiger partial charge in [-0.3, -0.25) is 0 Å². The predicted molar refractivity (Wildman–Crippen MR) is 70.8 cm³/mol. The summed E-state index contributed by atoms with van der Waals surface area (Å²) in [4.78, 5) is 22.7. The monoisotopic (exact) mass is 265 g/mol. The topological polar surface area (TPSA) is 64.6 Å². The van der Waals surface area contributed by atoms with E-state index in [0.717, 1.165) is 5.56 Å². The molecule has 0 saturated carbocycles. The van der Waals surface area contributed by atoms with Crippen molar-refractivity contribution >= 4 is 12.1 Å². The van der Waals surface area contributed by atoms with Crippen LogP contribution in [0.25, 0.3) is 0 Å². The molecule has 1 amide bonds. The van der Waals surface area contributed by atoms with Gasteiger partial charge in [0, 0.05) is 0 Å². The van der Waals surface area contributed by atoms with Crippen LogP contribution in [0.4, 0.5) is 4.79 Å². The van der Waals surface area contributed by atoms with Gasteiger partial charge in [-0.05, 0) is 25.3 Å². The number of amides is 1. The van der Waals surface area contributed by atoms with Crippen molar-refractivity contribution in [2.24, 2.45) is 0 Å². The third-order valence-electron chi connectivity index (χ3n) is 2.81. The Hall–Kier alpha value is -2.04. The highest BCUT2D eigenvalue weighted by molar-refractivity contribution is 5.81. The highest BCUT2D eigenvalue weighted by Crippen LogP contribution is 2.08. The number of methoxy groups -OCH3 is 2. The largest absolute Gasteiger partial charge is 0.467 e. The summed E-state index contributed by atoms with van der Waals surface area (Å²) in [5.41, 5.74) is 2.28. The van der Waals surface area contributed by atoms with Crippen LogP contribution in [0, 0.1) is 6.92 Å². The molecule has 0 aliphatic carbocycles. The summed E-state index contributed by atoms with van der Waals surface area (Å²) in [7, 11) is 2.55. The Morgan fingerprint density at radius 3 is 2.32 bits per heavy atom. The van der Waals surface area contributed by atoms with Crippen LogP contribution in [0.3, 0.4) is 0 Å². The zero-order valence-corrected chi connectivity index (χ0v) is 11.4. The fourth-order valence-corrected chi connectivity index (χ4v) is 1.66. The first kappa shape index (κ1) is 15.0. The molecular formula is C14H19NO4. The van der Waals surface area contributed by atoms with Crippen molar-refractivity contribution in [3.63, 3.8) is 0 Å². The van der Waals surface area contributed by atoms with E-state index in [-0.39, 0.29) is 0 Å². The van der Waals surface area contributed by atoms with E-state index in [9.17, 15) is 9.59 Å². The smallest absolute Gasteiger partial charge is 0.407 e. The minimum Gasteiger partial charge on any atom is -0.467 e. The van der Waals surface area contributed by atoms with Crippen molar-refractivity contribution in [1.82, 2.24) is 5.32 Å². The Balaban J connectivity index is 2.59. The molecular weight excluding hydrogens is 246 g/mol. The lowest BCUT2D eigenvalue weighted by Gasteiger charge is -2.15.